The van der Waals surface area contributed by atoms with Crippen molar-refractivity contribution in [2.24, 2.45) is 5.92 Å². The molecule has 2 unspecified atom stereocenters. The van der Waals surface area contributed by atoms with Crippen molar-refractivity contribution in [2.75, 3.05) is 19.6 Å². The van der Waals surface area contributed by atoms with Gasteiger partial charge in [-0.15, -0.1) is 0 Å². The number of hydrogen-bond acceptors (Lipinski definition) is 2. The number of likely N-dealkylation sites (tertiary alicyclic amines) is 1. The Morgan fingerprint density at radius 2 is 1.85 bits per heavy atom. The van der Waals surface area contributed by atoms with Gasteiger partial charge in [0.05, 0.1) is 5.92 Å². The van der Waals surface area contributed by atoms with E-state index < -0.39 is 0 Å². The predicted molar refractivity (Wildman–Crippen MR) is 113 cm³/mol. The Morgan fingerprint density at radius 3 is 2.67 bits per heavy atom. The standard InChI is InChI=1S/C23H27BrN2O/c24-22-11-5-4-10-19(22)20-15-25-16-21(20)23(27)26-14-6-9-18(26)13-12-17-7-2-1-3-8-17/h1-5,7-8,10-11,18,20-21,25H,6,9,12-16H2/t18?,20?,21-/m1/s1. The molecule has 2 aromatic rings. The molecule has 27 heavy (non-hydrogen) atoms. The van der Waals surface area contributed by atoms with Gasteiger partial charge >= 0.3 is 0 Å². The minimum atomic E-state index is 0.0426. The van der Waals surface area contributed by atoms with E-state index in [1.807, 2.05) is 6.07 Å². The lowest BCUT2D eigenvalue weighted by atomic mass is 9.87. The highest BCUT2D eigenvalue weighted by atomic mass is 79.9. The number of nitrogens with one attached hydrogen (secondary N) is 1. The number of amides is 1. The van der Waals surface area contributed by atoms with E-state index in [0.717, 1.165) is 49.8 Å². The van der Waals surface area contributed by atoms with Gasteiger partial charge in [0.15, 0.2) is 0 Å². The Hall–Kier alpha value is -1.65. The quantitative estimate of drug-likeness (QED) is 0.769. The Labute approximate surface area is 170 Å². The topological polar surface area (TPSA) is 32.3 Å². The molecule has 0 bridgehead atoms. The second-order valence-corrected chi connectivity index (χ2v) is 8.60. The van der Waals surface area contributed by atoms with Crippen molar-refractivity contribution >= 4 is 21.8 Å². The molecule has 4 heteroatoms. The SMILES string of the molecule is O=C([C@@H]1CNCC1c1ccccc1Br)N1CCCC1CCc1ccccc1. The molecule has 2 fully saturated rings. The molecule has 1 amide bonds. The molecule has 2 saturated heterocycles. The highest BCUT2D eigenvalue weighted by Crippen LogP contribution is 2.35. The van der Waals surface area contributed by atoms with E-state index in [1.165, 1.54) is 11.1 Å². The second kappa shape index (κ2) is 8.57. The van der Waals surface area contributed by atoms with Gasteiger partial charge in [-0.1, -0.05) is 64.5 Å². The molecule has 142 valence electrons. The first-order valence-corrected chi connectivity index (χ1v) is 10.8. The molecular formula is C23H27BrN2O. The first-order chi connectivity index (χ1) is 13.2. The monoisotopic (exact) mass is 426 g/mol. The van der Waals surface area contributed by atoms with Crippen LogP contribution in [0, 0.1) is 5.92 Å². The van der Waals surface area contributed by atoms with Crippen molar-refractivity contribution in [3.05, 3.63) is 70.2 Å². The van der Waals surface area contributed by atoms with Crippen LogP contribution in [0.5, 0.6) is 0 Å². The molecule has 0 radical (unpaired) electrons. The third-order valence-corrected chi connectivity index (χ3v) is 6.83. The van der Waals surface area contributed by atoms with E-state index in [2.05, 4.69) is 74.7 Å². The highest BCUT2D eigenvalue weighted by molar-refractivity contribution is 9.10. The smallest absolute Gasteiger partial charge is 0.227 e. The number of carbonyl (C=O) groups excluding carboxylic acids is 1. The summed E-state index contributed by atoms with van der Waals surface area (Å²) < 4.78 is 1.11. The maximum Gasteiger partial charge on any atom is 0.227 e. The van der Waals surface area contributed by atoms with Crippen LogP contribution in [0.1, 0.15) is 36.3 Å². The van der Waals surface area contributed by atoms with Gasteiger partial charge in [-0.25, -0.2) is 0 Å². The minimum Gasteiger partial charge on any atom is -0.339 e. The summed E-state index contributed by atoms with van der Waals surface area (Å²) in [4.78, 5) is 15.6. The molecule has 0 aromatic heterocycles. The van der Waals surface area contributed by atoms with E-state index in [9.17, 15) is 4.79 Å². The summed E-state index contributed by atoms with van der Waals surface area (Å²) in [5.74, 6) is 0.640. The van der Waals surface area contributed by atoms with Gasteiger partial charge in [-0.05, 0) is 42.9 Å². The van der Waals surface area contributed by atoms with E-state index in [4.69, 9.17) is 0 Å². The van der Waals surface area contributed by atoms with E-state index in [0.29, 0.717) is 11.9 Å². The average molecular weight is 427 g/mol. The molecular weight excluding hydrogens is 400 g/mol. The lowest BCUT2D eigenvalue weighted by Crippen LogP contribution is -2.42. The zero-order valence-corrected chi connectivity index (χ0v) is 17.2. The number of rotatable bonds is 5. The molecule has 3 nitrogen and oxygen atoms in total. The first-order valence-electron chi connectivity index (χ1n) is 10.0. The number of halogens is 1. The minimum absolute atomic E-state index is 0.0426. The number of nitrogens with zero attached hydrogens (tertiary/aromatic N) is 1. The van der Waals surface area contributed by atoms with Crippen LogP contribution in [-0.4, -0.2) is 36.5 Å². The Morgan fingerprint density at radius 1 is 1.07 bits per heavy atom. The average Bonchev–Trinajstić information content (AvgIpc) is 3.36. The Kier molecular flexibility index (Phi) is 5.94. The van der Waals surface area contributed by atoms with Crippen molar-refractivity contribution in [3.8, 4) is 0 Å². The van der Waals surface area contributed by atoms with E-state index in [-0.39, 0.29) is 11.8 Å². The molecule has 2 aliphatic heterocycles. The van der Waals surface area contributed by atoms with Crippen molar-refractivity contribution in [2.45, 2.75) is 37.6 Å². The summed E-state index contributed by atoms with van der Waals surface area (Å²) >= 11 is 3.68. The van der Waals surface area contributed by atoms with Crippen LogP contribution < -0.4 is 5.32 Å². The fourth-order valence-corrected chi connectivity index (χ4v) is 5.24. The van der Waals surface area contributed by atoms with Crippen molar-refractivity contribution in [3.63, 3.8) is 0 Å². The van der Waals surface area contributed by atoms with Gasteiger partial charge < -0.3 is 10.2 Å². The maximum atomic E-state index is 13.4. The summed E-state index contributed by atoms with van der Waals surface area (Å²) in [7, 11) is 0. The lowest BCUT2D eigenvalue weighted by molar-refractivity contribution is -0.136. The van der Waals surface area contributed by atoms with Crippen LogP contribution in [0.25, 0.3) is 0 Å². The van der Waals surface area contributed by atoms with Gasteiger partial charge in [0.25, 0.3) is 0 Å². The zero-order valence-electron chi connectivity index (χ0n) is 15.6. The number of hydrogen-bond donors (Lipinski definition) is 1. The number of aryl methyl sites for hydroxylation is 1. The maximum absolute atomic E-state index is 13.4. The fraction of sp³-hybridized carbons (Fsp3) is 0.435. The predicted octanol–water partition coefficient (Wildman–Crippen LogP) is 4.38. The third kappa shape index (κ3) is 4.12. The molecule has 1 N–H and O–H groups in total. The van der Waals surface area contributed by atoms with Gasteiger partial charge in [-0.3, -0.25) is 4.79 Å². The van der Waals surface area contributed by atoms with Crippen LogP contribution in [0.15, 0.2) is 59.1 Å². The molecule has 3 atom stereocenters. The number of benzene rings is 2. The van der Waals surface area contributed by atoms with Gasteiger partial charge in [0.1, 0.15) is 0 Å². The van der Waals surface area contributed by atoms with Crippen LogP contribution in [0.3, 0.4) is 0 Å². The fourth-order valence-electron chi connectivity index (χ4n) is 4.66. The summed E-state index contributed by atoms with van der Waals surface area (Å²) in [6.45, 7) is 2.58. The first kappa shape index (κ1) is 18.7. The van der Waals surface area contributed by atoms with E-state index in [1.54, 1.807) is 0 Å². The largest absolute Gasteiger partial charge is 0.339 e. The molecule has 2 heterocycles. The molecule has 4 rings (SSSR count). The van der Waals surface area contributed by atoms with Gasteiger partial charge in [0.2, 0.25) is 5.91 Å². The van der Waals surface area contributed by atoms with Gasteiger partial charge in [0, 0.05) is 36.1 Å². The van der Waals surface area contributed by atoms with Crippen molar-refractivity contribution in [1.29, 1.82) is 0 Å². The molecule has 0 spiro atoms. The van der Waals surface area contributed by atoms with Crippen LogP contribution >= 0.6 is 15.9 Å². The summed E-state index contributed by atoms with van der Waals surface area (Å²) in [6, 6.07) is 19.3. The molecule has 0 aliphatic carbocycles. The Balaban J connectivity index is 1.45. The van der Waals surface area contributed by atoms with Crippen molar-refractivity contribution in [1.82, 2.24) is 10.2 Å². The second-order valence-electron chi connectivity index (χ2n) is 7.74. The highest BCUT2D eigenvalue weighted by Gasteiger charge is 2.40. The Bertz CT molecular complexity index is 779. The van der Waals surface area contributed by atoms with Crippen LogP contribution in [0.4, 0.5) is 0 Å². The van der Waals surface area contributed by atoms with Crippen LogP contribution in [0.2, 0.25) is 0 Å². The van der Waals surface area contributed by atoms with Crippen LogP contribution in [-0.2, 0) is 11.2 Å². The number of carbonyl (C=O) groups is 1. The lowest BCUT2D eigenvalue weighted by Gasteiger charge is -2.30. The van der Waals surface area contributed by atoms with Crippen molar-refractivity contribution < 1.29 is 4.79 Å². The summed E-state index contributed by atoms with van der Waals surface area (Å²) in [5.41, 5.74) is 2.62. The molecule has 0 saturated carbocycles. The normalized spacial score (nSPS) is 25.1. The molecule has 2 aliphatic rings. The summed E-state index contributed by atoms with van der Waals surface area (Å²) in [6.07, 6.45) is 4.38. The summed E-state index contributed by atoms with van der Waals surface area (Å²) in [5, 5.41) is 3.46. The zero-order chi connectivity index (χ0) is 18.6. The van der Waals surface area contributed by atoms with E-state index >= 15 is 0 Å². The third-order valence-electron chi connectivity index (χ3n) is 6.11. The molecule has 2 aromatic carbocycles. The van der Waals surface area contributed by atoms with Gasteiger partial charge in [-0.2, -0.15) is 0 Å².